The van der Waals surface area contributed by atoms with E-state index in [1.165, 1.54) is 0 Å². The first-order valence-electron chi connectivity index (χ1n) is 6.69. The van der Waals surface area contributed by atoms with Crippen LogP contribution >= 0.6 is 11.6 Å². The van der Waals surface area contributed by atoms with Gasteiger partial charge in [-0.2, -0.15) is 5.10 Å². The maximum atomic E-state index is 12.1. The minimum Gasteiger partial charge on any atom is -0.496 e. The third-order valence-electron chi connectivity index (χ3n) is 3.76. The molecular formula is C15H16ClN3O2. The monoisotopic (exact) mass is 305 g/mol. The zero-order chi connectivity index (χ0) is 15.0. The molecule has 1 aliphatic rings. The SMILES string of the molecule is COc1cc(Cl)ccc1-c1ccc(=O)n(C2(C)CNC2)n1. The van der Waals surface area contributed by atoms with Crippen molar-refractivity contribution in [3.63, 3.8) is 0 Å². The first kappa shape index (κ1) is 14.1. The fraction of sp³-hybridized carbons (Fsp3) is 0.333. The minimum atomic E-state index is -0.271. The number of aromatic nitrogens is 2. The van der Waals surface area contributed by atoms with E-state index in [0.717, 1.165) is 18.7 Å². The van der Waals surface area contributed by atoms with Gasteiger partial charge in [0.2, 0.25) is 0 Å². The van der Waals surface area contributed by atoms with Gasteiger partial charge in [0, 0.05) is 29.7 Å². The molecular weight excluding hydrogens is 290 g/mol. The van der Waals surface area contributed by atoms with Crippen molar-refractivity contribution < 1.29 is 4.74 Å². The molecule has 1 saturated heterocycles. The van der Waals surface area contributed by atoms with E-state index in [2.05, 4.69) is 10.4 Å². The topological polar surface area (TPSA) is 56.1 Å². The number of halogens is 1. The summed E-state index contributed by atoms with van der Waals surface area (Å²) in [6.45, 7) is 3.49. The lowest BCUT2D eigenvalue weighted by molar-refractivity contribution is 0.172. The van der Waals surface area contributed by atoms with Crippen LogP contribution in [-0.2, 0) is 5.54 Å². The Kier molecular flexibility index (Phi) is 3.47. The zero-order valence-corrected chi connectivity index (χ0v) is 12.6. The molecule has 1 aliphatic heterocycles. The molecule has 0 spiro atoms. The summed E-state index contributed by atoms with van der Waals surface area (Å²) in [5, 5.41) is 8.29. The molecule has 0 atom stereocenters. The Bertz CT molecular complexity index is 738. The van der Waals surface area contributed by atoms with Crippen LogP contribution in [0.3, 0.4) is 0 Å². The highest BCUT2D eigenvalue weighted by Crippen LogP contribution is 2.31. The minimum absolute atomic E-state index is 0.101. The number of rotatable bonds is 3. The van der Waals surface area contributed by atoms with Crippen LogP contribution < -0.4 is 15.6 Å². The van der Waals surface area contributed by atoms with Gasteiger partial charge < -0.3 is 10.1 Å². The van der Waals surface area contributed by atoms with E-state index in [1.54, 1.807) is 36.1 Å². The Labute approximate surface area is 127 Å². The van der Waals surface area contributed by atoms with Crippen molar-refractivity contribution in [1.82, 2.24) is 15.1 Å². The van der Waals surface area contributed by atoms with Crippen molar-refractivity contribution >= 4 is 11.6 Å². The summed E-state index contributed by atoms with van der Waals surface area (Å²) in [7, 11) is 1.59. The molecule has 0 bridgehead atoms. The normalized spacial score (nSPS) is 16.3. The third kappa shape index (κ3) is 2.43. The van der Waals surface area contributed by atoms with E-state index in [1.807, 2.05) is 13.0 Å². The van der Waals surface area contributed by atoms with E-state index in [-0.39, 0.29) is 11.1 Å². The molecule has 3 rings (SSSR count). The van der Waals surface area contributed by atoms with Crippen molar-refractivity contribution in [2.75, 3.05) is 20.2 Å². The standard InChI is InChI=1S/C15H16ClN3O2/c1-15(8-17-9-15)19-14(20)6-5-12(18-19)11-4-3-10(16)7-13(11)21-2/h3-7,17H,8-9H2,1-2H3. The van der Waals surface area contributed by atoms with E-state index < -0.39 is 0 Å². The van der Waals surface area contributed by atoms with Crippen LogP contribution in [0.25, 0.3) is 11.3 Å². The lowest BCUT2D eigenvalue weighted by atomic mass is 9.95. The number of nitrogens with one attached hydrogen (secondary N) is 1. The molecule has 0 unspecified atom stereocenters. The smallest absolute Gasteiger partial charge is 0.267 e. The molecule has 0 amide bonds. The number of hydrogen-bond donors (Lipinski definition) is 1. The van der Waals surface area contributed by atoms with Crippen molar-refractivity contribution in [1.29, 1.82) is 0 Å². The van der Waals surface area contributed by atoms with Crippen LogP contribution in [0.1, 0.15) is 6.92 Å². The highest BCUT2D eigenvalue weighted by molar-refractivity contribution is 6.30. The van der Waals surface area contributed by atoms with Gasteiger partial charge in [0.1, 0.15) is 5.75 Å². The van der Waals surface area contributed by atoms with Crippen LogP contribution in [0.2, 0.25) is 5.02 Å². The molecule has 110 valence electrons. The van der Waals surface area contributed by atoms with Gasteiger partial charge in [-0.05, 0) is 31.2 Å². The molecule has 1 fully saturated rings. The second-order valence-electron chi connectivity index (χ2n) is 5.41. The summed E-state index contributed by atoms with van der Waals surface area (Å²) < 4.78 is 6.90. The van der Waals surface area contributed by atoms with Gasteiger partial charge in [0.25, 0.3) is 5.56 Å². The summed E-state index contributed by atoms with van der Waals surface area (Å²) in [6.07, 6.45) is 0. The van der Waals surface area contributed by atoms with Gasteiger partial charge in [-0.25, -0.2) is 4.68 Å². The second-order valence-corrected chi connectivity index (χ2v) is 5.85. The molecule has 1 aromatic heterocycles. The number of methoxy groups -OCH3 is 1. The highest BCUT2D eigenvalue weighted by atomic mass is 35.5. The van der Waals surface area contributed by atoms with Crippen LogP contribution in [0.4, 0.5) is 0 Å². The van der Waals surface area contributed by atoms with Crippen molar-refractivity contribution in [2.45, 2.75) is 12.5 Å². The van der Waals surface area contributed by atoms with E-state index in [0.29, 0.717) is 16.5 Å². The molecule has 5 nitrogen and oxygen atoms in total. The average molecular weight is 306 g/mol. The van der Waals surface area contributed by atoms with Crippen molar-refractivity contribution in [2.24, 2.45) is 0 Å². The number of hydrogen-bond acceptors (Lipinski definition) is 4. The van der Waals surface area contributed by atoms with Gasteiger partial charge in [0.05, 0.1) is 18.3 Å². The average Bonchev–Trinajstić information content (AvgIpc) is 2.45. The Hall–Kier alpha value is -1.85. The Balaban J connectivity index is 2.12. The van der Waals surface area contributed by atoms with E-state index >= 15 is 0 Å². The first-order chi connectivity index (χ1) is 10.0. The first-order valence-corrected chi connectivity index (χ1v) is 7.07. The number of ether oxygens (including phenoxy) is 1. The van der Waals surface area contributed by atoms with Crippen LogP contribution in [-0.4, -0.2) is 30.0 Å². The largest absolute Gasteiger partial charge is 0.496 e. The van der Waals surface area contributed by atoms with E-state index in [4.69, 9.17) is 16.3 Å². The second kappa shape index (κ2) is 5.16. The van der Waals surface area contributed by atoms with Gasteiger partial charge in [-0.3, -0.25) is 4.79 Å². The molecule has 0 saturated carbocycles. The fourth-order valence-corrected chi connectivity index (χ4v) is 2.62. The summed E-state index contributed by atoms with van der Waals surface area (Å²) >= 11 is 5.98. The zero-order valence-electron chi connectivity index (χ0n) is 11.9. The predicted molar refractivity (Wildman–Crippen MR) is 82.0 cm³/mol. The summed E-state index contributed by atoms with van der Waals surface area (Å²) in [5.74, 6) is 0.636. The summed E-state index contributed by atoms with van der Waals surface area (Å²) in [5.41, 5.74) is 1.13. The van der Waals surface area contributed by atoms with Crippen molar-refractivity contribution in [3.8, 4) is 17.0 Å². The number of nitrogens with zero attached hydrogens (tertiary/aromatic N) is 2. The molecule has 2 heterocycles. The van der Waals surface area contributed by atoms with Crippen LogP contribution in [0.15, 0.2) is 35.1 Å². The third-order valence-corrected chi connectivity index (χ3v) is 4.00. The Morgan fingerprint density at radius 3 is 2.71 bits per heavy atom. The van der Waals surface area contributed by atoms with Gasteiger partial charge in [-0.1, -0.05) is 11.6 Å². The van der Waals surface area contributed by atoms with Gasteiger partial charge in [0.15, 0.2) is 0 Å². The molecule has 0 radical (unpaired) electrons. The predicted octanol–water partition coefficient (Wildman–Crippen LogP) is 1.89. The van der Waals surface area contributed by atoms with E-state index in [9.17, 15) is 4.79 Å². The summed E-state index contributed by atoms with van der Waals surface area (Å²) in [6, 6.07) is 8.61. The molecule has 6 heteroatoms. The molecule has 1 aromatic carbocycles. The molecule has 2 aromatic rings. The number of benzene rings is 1. The van der Waals surface area contributed by atoms with Crippen LogP contribution in [0, 0.1) is 0 Å². The van der Waals surface area contributed by atoms with Crippen LogP contribution in [0.5, 0.6) is 5.75 Å². The van der Waals surface area contributed by atoms with Gasteiger partial charge >= 0.3 is 0 Å². The molecule has 1 N–H and O–H groups in total. The Morgan fingerprint density at radius 2 is 2.10 bits per heavy atom. The highest BCUT2D eigenvalue weighted by Gasteiger charge is 2.35. The lowest BCUT2D eigenvalue weighted by Gasteiger charge is -2.39. The quantitative estimate of drug-likeness (QED) is 0.941. The molecule has 21 heavy (non-hydrogen) atoms. The maximum absolute atomic E-state index is 12.1. The maximum Gasteiger partial charge on any atom is 0.267 e. The van der Waals surface area contributed by atoms with Gasteiger partial charge in [-0.15, -0.1) is 0 Å². The molecule has 0 aliphatic carbocycles. The van der Waals surface area contributed by atoms with Crippen molar-refractivity contribution in [3.05, 3.63) is 45.7 Å². The Morgan fingerprint density at radius 1 is 1.33 bits per heavy atom. The summed E-state index contributed by atoms with van der Waals surface area (Å²) in [4.78, 5) is 12.1. The fourth-order valence-electron chi connectivity index (χ4n) is 2.45. The lowest BCUT2D eigenvalue weighted by Crippen LogP contribution is -2.61.